The molecule has 1 aromatic heterocycles. The Kier molecular flexibility index (Phi) is 4.48. The zero-order valence-electron chi connectivity index (χ0n) is 14.3. The molecule has 5 nitrogen and oxygen atoms in total. The minimum Gasteiger partial charge on any atom is -0.497 e. The molecule has 0 atom stereocenters. The molecule has 0 saturated carbocycles. The summed E-state index contributed by atoms with van der Waals surface area (Å²) in [5.41, 5.74) is 2.45. The Morgan fingerprint density at radius 1 is 0.963 bits per heavy atom. The van der Waals surface area contributed by atoms with Gasteiger partial charge in [-0.2, -0.15) is 0 Å². The molecule has 0 N–H and O–H groups in total. The molecule has 0 radical (unpaired) electrons. The summed E-state index contributed by atoms with van der Waals surface area (Å²) < 4.78 is 16.6. The summed E-state index contributed by atoms with van der Waals surface area (Å²) in [5, 5.41) is 0. The third-order valence-electron chi connectivity index (χ3n) is 4.03. The molecule has 0 aliphatic carbocycles. The van der Waals surface area contributed by atoms with E-state index in [1.54, 1.807) is 43.5 Å². The lowest BCUT2D eigenvalue weighted by Gasteiger charge is -2.08. The van der Waals surface area contributed by atoms with Crippen LogP contribution in [0.4, 0.5) is 0 Å². The van der Waals surface area contributed by atoms with Gasteiger partial charge in [0, 0.05) is 11.6 Å². The Bertz CT molecular complexity index is 1160. The Hall–Kier alpha value is -3.38. The Balaban J connectivity index is 1.73. The van der Waals surface area contributed by atoms with Crippen LogP contribution in [0, 0.1) is 0 Å². The smallest absolute Gasteiger partial charge is 0.396 e. The Morgan fingerprint density at radius 2 is 1.70 bits per heavy atom. The van der Waals surface area contributed by atoms with Crippen LogP contribution in [0.1, 0.15) is 10.4 Å². The van der Waals surface area contributed by atoms with Crippen molar-refractivity contribution in [3.05, 3.63) is 82.0 Å². The Labute approximate surface area is 158 Å². The highest BCUT2D eigenvalue weighted by Crippen LogP contribution is 2.34. The number of carbonyl (C=O) groups excluding carboxylic acids is 1. The molecule has 0 spiro atoms. The fourth-order valence-corrected chi connectivity index (χ4v) is 3.46. The first-order valence-electron chi connectivity index (χ1n) is 8.13. The molecule has 4 aromatic rings. The first-order valence-corrected chi connectivity index (χ1v) is 8.95. The number of rotatable bonds is 4. The van der Waals surface area contributed by atoms with E-state index in [1.807, 2.05) is 30.3 Å². The second kappa shape index (κ2) is 7.09. The molecule has 0 bridgehead atoms. The molecule has 0 aliphatic rings. The topological polar surface area (TPSA) is 65.7 Å². The number of fused-ring (bicyclic) bond motifs is 1. The second-order valence-corrected chi connectivity index (χ2v) is 6.71. The molecule has 0 amide bonds. The van der Waals surface area contributed by atoms with Gasteiger partial charge in [-0.25, -0.2) is 9.59 Å². The lowest BCUT2D eigenvalue weighted by Crippen LogP contribution is -2.08. The first-order chi connectivity index (χ1) is 13.1. The van der Waals surface area contributed by atoms with Crippen molar-refractivity contribution in [2.45, 2.75) is 0 Å². The van der Waals surface area contributed by atoms with Crippen molar-refractivity contribution in [3.8, 4) is 22.6 Å². The van der Waals surface area contributed by atoms with Gasteiger partial charge in [-0.15, -0.1) is 0 Å². The van der Waals surface area contributed by atoms with Crippen LogP contribution in [0.25, 0.3) is 21.4 Å². The molecular weight excluding hydrogens is 364 g/mol. The van der Waals surface area contributed by atoms with Crippen LogP contribution in [0.15, 0.2) is 75.9 Å². The third kappa shape index (κ3) is 3.47. The molecule has 1 heterocycles. The molecule has 0 saturated heterocycles. The molecule has 134 valence electrons. The molecule has 3 aromatic carbocycles. The highest BCUT2D eigenvalue weighted by Gasteiger charge is 2.15. The Morgan fingerprint density at radius 3 is 2.41 bits per heavy atom. The maximum atomic E-state index is 12.5. The fourth-order valence-electron chi connectivity index (χ4n) is 2.74. The van der Waals surface area contributed by atoms with E-state index in [2.05, 4.69) is 0 Å². The maximum Gasteiger partial charge on any atom is 0.396 e. The summed E-state index contributed by atoms with van der Waals surface area (Å²) in [6.45, 7) is 0. The maximum absolute atomic E-state index is 12.5. The normalized spacial score (nSPS) is 10.7. The van der Waals surface area contributed by atoms with Gasteiger partial charge in [-0.3, -0.25) is 0 Å². The zero-order valence-corrected chi connectivity index (χ0v) is 15.1. The highest BCUT2D eigenvalue weighted by atomic mass is 32.1. The number of methoxy groups -OCH3 is 1. The van der Waals surface area contributed by atoms with Gasteiger partial charge in [-0.1, -0.05) is 41.7 Å². The summed E-state index contributed by atoms with van der Waals surface area (Å²) in [6.07, 6.45) is 0. The molecule has 0 fully saturated rings. The monoisotopic (exact) mass is 378 g/mol. The fraction of sp³-hybridized carbons (Fsp3) is 0.0476. The van der Waals surface area contributed by atoms with E-state index in [4.69, 9.17) is 13.9 Å². The van der Waals surface area contributed by atoms with Crippen molar-refractivity contribution in [3.63, 3.8) is 0 Å². The first kappa shape index (κ1) is 17.1. The van der Waals surface area contributed by atoms with Gasteiger partial charge in [0.25, 0.3) is 0 Å². The summed E-state index contributed by atoms with van der Waals surface area (Å²) >= 11 is 0.973. The van der Waals surface area contributed by atoms with Gasteiger partial charge >= 0.3 is 10.9 Å². The molecule has 0 aliphatic heterocycles. The van der Waals surface area contributed by atoms with E-state index >= 15 is 0 Å². The van der Waals surface area contributed by atoms with Crippen molar-refractivity contribution in [1.29, 1.82) is 0 Å². The molecule has 6 heteroatoms. The van der Waals surface area contributed by atoms with Crippen molar-refractivity contribution in [1.82, 2.24) is 0 Å². The minimum absolute atomic E-state index is 0.347. The predicted octanol–water partition coefficient (Wildman–Crippen LogP) is 4.75. The van der Waals surface area contributed by atoms with Gasteiger partial charge in [0.2, 0.25) is 0 Å². The van der Waals surface area contributed by atoms with Crippen molar-refractivity contribution >= 4 is 27.6 Å². The van der Waals surface area contributed by atoms with Crippen LogP contribution in [-0.4, -0.2) is 13.1 Å². The van der Waals surface area contributed by atoms with E-state index < -0.39 is 10.9 Å². The van der Waals surface area contributed by atoms with E-state index in [1.165, 1.54) is 0 Å². The largest absolute Gasteiger partial charge is 0.497 e. The number of benzene rings is 3. The van der Waals surface area contributed by atoms with Gasteiger partial charge in [0.15, 0.2) is 5.58 Å². The third-order valence-corrected chi connectivity index (χ3v) is 4.80. The number of hydrogen-bond acceptors (Lipinski definition) is 6. The van der Waals surface area contributed by atoms with Crippen LogP contribution in [-0.2, 0) is 0 Å². The van der Waals surface area contributed by atoms with Crippen LogP contribution in [0.3, 0.4) is 0 Å². The lowest BCUT2D eigenvalue weighted by molar-refractivity contribution is 0.0735. The van der Waals surface area contributed by atoms with Crippen molar-refractivity contribution < 1.29 is 18.7 Å². The van der Waals surface area contributed by atoms with Gasteiger partial charge < -0.3 is 13.9 Å². The summed E-state index contributed by atoms with van der Waals surface area (Å²) in [4.78, 5) is 23.8. The van der Waals surface area contributed by atoms with Crippen LogP contribution >= 0.6 is 11.3 Å². The number of ether oxygens (including phenoxy) is 2. The number of hydrogen-bond donors (Lipinski definition) is 0. The quantitative estimate of drug-likeness (QED) is 0.379. The van der Waals surface area contributed by atoms with Gasteiger partial charge in [-0.05, 0) is 35.9 Å². The number of esters is 1. The summed E-state index contributed by atoms with van der Waals surface area (Å²) in [6, 6.07) is 19.5. The van der Waals surface area contributed by atoms with Crippen LogP contribution in [0.2, 0.25) is 0 Å². The van der Waals surface area contributed by atoms with E-state index in [0.29, 0.717) is 32.9 Å². The molecule has 0 unspecified atom stereocenters. The van der Waals surface area contributed by atoms with Crippen molar-refractivity contribution in [2.75, 3.05) is 7.11 Å². The van der Waals surface area contributed by atoms with E-state index in [9.17, 15) is 9.59 Å². The van der Waals surface area contributed by atoms with E-state index in [-0.39, 0.29) is 0 Å². The van der Waals surface area contributed by atoms with Crippen LogP contribution in [0.5, 0.6) is 11.5 Å². The van der Waals surface area contributed by atoms with Crippen molar-refractivity contribution in [2.24, 2.45) is 0 Å². The van der Waals surface area contributed by atoms with Gasteiger partial charge in [0.1, 0.15) is 11.5 Å². The lowest BCUT2D eigenvalue weighted by atomic mass is 10.0. The minimum atomic E-state index is -0.494. The number of carbonyl (C=O) groups is 1. The SMILES string of the molecule is COc1ccc(C(=O)Oc2cc(-c3ccccc3)c3oc(=O)sc3c2)cc1. The molecule has 4 rings (SSSR count). The average molecular weight is 378 g/mol. The second-order valence-electron chi connectivity index (χ2n) is 5.74. The zero-order chi connectivity index (χ0) is 18.8. The molecule has 27 heavy (non-hydrogen) atoms. The molecular formula is C21H14O5S. The average Bonchev–Trinajstić information content (AvgIpc) is 3.08. The van der Waals surface area contributed by atoms with Crippen LogP contribution < -0.4 is 14.4 Å². The summed E-state index contributed by atoms with van der Waals surface area (Å²) in [5.74, 6) is 0.508. The predicted molar refractivity (Wildman–Crippen MR) is 104 cm³/mol. The van der Waals surface area contributed by atoms with E-state index in [0.717, 1.165) is 16.9 Å². The highest BCUT2D eigenvalue weighted by molar-refractivity contribution is 7.16. The summed E-state index contributed by atoms with van der Waals surface area (Å²) in [7, 11) is 1.56. The standard InChI is InChI=1S/C21H14O5S/c1-24-15-9-7-14(8-10-15)20(22)25-16-11-17(13-5-3-2-4-6-13)19-18(12-16)27-21(23)26-19/h2-12H,1H3. The van der Waals surface area contributed by atoms with Gasteiger partial charge in [0.05, 0.1) is 17.4 Å².